The number of allylic oxidation sites excluding steroid dienone is 10. The Bertz CT molecular complexity index is 937. The third-order valence-electron chi connectivity index (χ3n) is 7.29. The zero-order valence-corrected chi connectivity index (χ0v) is 31.1. The quantitative estimate of drug-likeness (QED) is 0.0240. The molecule has 0 rings (SSSR count). The third kappa shape index (κ3) is 36.9. The van der Waals surface area contributed by atoms with Crippen LogP contribution in [-0.4, -0.2) is 74.1 Å². The van der Waals surface area contributed by atoms with Crippen molar-refractivity contribution in [3.8, 4) is 0 Å². The van der Waals surface area contributed by atoms with Crippen LogP contribution < -0.4 is 0 Å². The fraction of sp³-hybridized carbons (Fsp3) is 0.711. The van der Waals surface area contributed by atoms with Crippen LogP contribution in [0.15, 0.2) is 60.8 Å². The van der Waals surface area contributed by atoms with E-state index in [2.05, 4.69) is 67.7 Å². The van der Waals surface area contributed by atoms with Crippen LogP contribution in [-0.2, 0) is 23.1 Å². The SMILES string of the molecule is CC/C=C\C/C=C\C/C=C\C/C=C\C/C=C\CCCCCCCCCCCCCC(=O)OCC(O)COP(=O)(O)OCC[N+](C)(C)C. The maximum Gasteiger partial charge on any atom is 0.472 e. The zero-order chi connectivity index (χ0) is 34.9. The lowest BCUT2D eigenvalue weighted by molar-refractivity contribution is -0.870. The number of esters is 1. The fourth-order valence-electron chi connectivity index (χ4n) is 4.45. The second kappa shape index (κ2) is 31.5. The van der Waals surface area contributed by atoms with E-state index in [9.17, 15) is 19.4 Å². The summed E-state index contributed by atoms with van der Waals surface area (Å²) >= 11 is 0. The van der Waals surface area contributed by atoms with Gasteiger partial charge < -0.3 is 19.2 Å². The number of ether oxygens (including phenoxy) is 1. The Morgan fingerprint density at radius 3 is 1.60 bits per heavy atom. The summed E-state index contributed by atoms with van der Waals surface area (Å²) < 4.78 is 27.2. The maximum atomic E-state index is 11.9. The van der Waals surface area contributed by atoms with Crippen molar-refractivity contribution in [3.63, 3.8) is 0 Å². The number of quaternary nitrogens is 1. The van der Waals surface area contributed by atoms with Gasteiger partial charge in [-0.05, 0) is 51.4 Å². The Morgan fingerprint density at radius 1 is 0.660 bits per heavy atom. The lowest BCUT2D eigenvalue weighted by atomic mass is 10.0. The molecule has 2 N–H and O–H groups in total. The Balaban J connectivity index is 3.51. The number of unbranched alkanes of at least 4 members (excludes halogenated alkanes) is 11. The van der Waals surface area contributed by atoms with Gasteiger partial charge in [-0.15, -0.1) is 0 Å². The minimum absolute atomic E-state index is 0.0514. The number of nitrogens with zero attached hydrogens (tertiary/aromatic N) is 1. The van der Waals surface area contributed by atoms with E-state index in [4.69, 9.17) is 13.8 Å². The minimum Gasteiger partial charge on any atom is -0.463 e. The first-order valence-corrected chi connectivity index (χ1v) is 19.6. The minimum atomic E-state index is -4.25. The van der Waals surface area contributed by atoms with Gasteiger partial charge in [-0.3, -0.25) is 13.8 Å². The van der Waals surface area contributed by atoms with Gasteiger partial charge >= 0.3 is 13.8 Å². The monoisotopic (exact) mass is 682 g/mol. The summed E-state index contributed by atoms with van der Waals surface area (Å²) in [5, 5.41) is 9.89. The number of carbonyl (C=O) groups is 1. The average molecular weight is 683 g/mol. The summed E-state index contributed by atoms with van der Waals surface area (Å²) in [4.78, 5) is 21.6. The van der Waals surface area contributed by atoms with E-state index in [0.29, 0.717) is 17.4 Å². The molecule has 0 aromatic rings. The number of aliphatic hydroxyl groups excluding tert-OH is 1. The molecule has 2 atom stereocenters. The Kier molecular flexibility index (Phi) is 30.3. The van der Waals surface area contributed by atoms with Crippen molar-refractivity contribution >= 4 is 13.8 Å². The van der Waals surface area contributed by atoms with Crippen LogP contribution in [0.5, 0.6) is 0 Å². The van der Waals surface area contributed by atoms with Crippen molar-refractivity contribution < 1.29 is 37.6 Å². The molecular formula is C38H69NO7P+. The number of rotatable bonds is 32. The highest BCUT2D eigenvalue weighted by molar-refractivity contribution is 7.47. The van der Waals surface area contributed by atoms with Gasteiger partial charge in [0.1, 0.15) is 25.9 Å². The van der Waals surface area contributed by atoms with E-state index < -0.39 is 20.5 Å². The molecule has 0 fully saturated rings. The Labute approximate surface area is 287 Å². The number of hydrogen-bond donors (Lipinski definition) is 2. The molecule has 0 heterocycles. The highest BCUT2D eigenvalue weighted by Crippen LogP contribution is 2.43. The second-order valence-corrected chi connectivity index (χ2v) is 14.5. The third-order valence-corrected chi connectivity index (χ3v) is 8.28. The predicted molar refractivity (Wildman–Crippen MR) is 196 cm³/mol. The first-order chi connectivity index (χ1) is 22.6. The lowest BCUT2D eigenvalue weighted by Gasteiger charge is -2.24. The first kappa shape index (κ1) is 45.2. The number of hydrogen-bond acceptors (Lipinski definition) is 6. The normalized spacial score (nSPS) is 14.8. The van der Waals surface area contributed by atoms with Crippen molar-refractivity contribution in [1.29, 1.82) is 0 Å². The summed E-state index contributed by atoms with van der Waals surface area (Å²) in [6.07, 6.45) is 41.0. The van der Waals surface area contributed by atoms with Gasteiger partial charge in [-0.1, -0.05) is 125 Å². The van der Waals surface area contributed by atoms with Crippen LogP contribution in [0.1, 0.15) is 122 Å². The molecule has 2 unspecified atom stereocenters. The standard InChI is InChI=1S/C38H68NO7P/c1-5-6-7-8-9-10-11-12-13-14-15-16-17-18-19-20-21-22-23-24-25-26-27-28-29-30-31-32-38(41)44-35-37(40)36-46-47(42,43)45-34-33-39(2,3)4/h6-7,9-10,12-13,15-16,18-19,37,40H,5,8,11,14,17,20-36H2,1-4H3/p+1/b7-6-,10-9-,13-12-,16-15-,19-18-. The highest BCUT2D eigenvalue weighted by Gasteiger charge is 2.24. The van der Waals surface area contributed by atoms with E-state index >= 15 is 0 Å². The van der Waals surface area contributed by atoms with Crippen molar-refractivity contribution in [1.82, 2.24) is 0 Å². The molecule has 8 nitrogen and oxygen atoms in total. The Morgan fingerprint density at radius 2 is 1.11 bits per heavy atom. The summed E-state index contributed by atoms with van der Waals surface area (Å²) in [6, 6.07) is 0. The van der Waals surface area contributed by atoms with Gasteiger partial charge in [0.2, 0.25) is 0 Å². The zero-order valence-electron chi connectivity index (χ0n) is 30.2. The van der Waals surface area contributed by atoms with Gasteiger partial charge in [0.15, 0.2) is 0 Å². The number of carbonyl (C=O) groups excluding carboxylic acids is 1. The molecule has 0 aliphatic carbocycles. The highest BCUT2D eigenvalue weighted by atomic mass is 31.2. The smallest absolute Gasteiger partial charge is 0.463 e. The fourth-order valence-corrected chi connectivity index (χ4v) is 5.20. The van der Waals surface area contributed by atoms with Gasteiger partial charge in [-0.25, -0.2) is 4.57 Å². The van der Waals surface area contributed by atoms with E-state index in [1.54, 1.807) is 0 Å². The van der Waals surface area contributed by atoms with Gasteiger partial charge in [0.25, 0.3) is 0 Å². The van der Waals surface area contributed by atoms with Gasteiger partial charge in [0.05, 0.1) is 27.7 Å². The van der Waals surface area contributed by atoms with Crippen LogP contribution in [0.2, 0.25) is 0 Å². The number of phosphoric acid groups is 1. The van der Waals surface area contributed by atoms with Crippen LogP contribution in [0.4, 0.5) is 0 Å². The van der Waals surface area contributed by atoms with E-state index in [-0.39, 0.29) is 19.2 Å². The summed E-state index contributed by atoms with van der Waals surface area (Å²) in [5.41, 5.74) is 0. The topological polar surface area (TPSA) is 102 Å². The van der Waals surface area contributed by atoms with Gasteiger partial charge in [0, 0.05) is 6.42 Å². The molecule has 272 valence electrons. The summed E-state index contributed by atoms with van der Waals surface area (Å²) in [6.45, 7) is 2.01. The van der Waals surface area contributed by atoms with Crippen LogP contribution in [0.3, 0.4) is 0 Å². The molecule has 47 heavy (non-hydrogen) atoms. The summed E-state index contributed by atoms with van der Waals surface area (Å²) in [5.74, 6) is -0.378. The number of likely N-dealkylation sites (N-methyl/N-ethyl adjacent to an activating group) is 1. The molecule has 0 aromatic heterocycles. The molecular weight excluding hydrogens is 613 g/mol. The Hall–Kier alpha value is -1.80. The molecule has 0 amide bonds. The molecule has 0 bridgehead atoms. The molecule has 0 radical (unpaired) electrons. The van der Waals surface area contributed by atoms with Crippen molar-refractivity contribution in [3.05, 3.63) is 60.8 Å². The maximum absolute atomic E-state index is 11.9. The molecule has 9 heteroatoms. The summed E-state index contributed by atoms with van der Waals surface area (Å²) in [7, 11) is 1.55. The first-order valence-electron chi connectivity index (χ1n) is 18.1. The number of phosphoric ester groups is 1. The second-order valence-electron chi connectivity index (χ2n) is 13.1. The lowest BCUT2D eigenvalue weighted by Crippen LogP contribution is -2.37. The largest absolute Gasteiger partial charge is 0.472 e. The predicted octanol–water partition coefficient (Wildman–Crippen LogP) is 9.55. The van der Waals surface area contributed by atoms with Crippen LogP contribution in [0.25, 0.3) is 0 Å². The molecule has 0 saturated carbocycles. The molecule has 0 aliphatic rings. The van der Waals surface area contributed by atoms with Crippen LogP contribution in [0, 0.1) is 0 Å². The average Bonchev–Trinajstić information content (AvgIpc) is 3.01. The van der Waals surface area contributed by atoms with Crippen molar-refractivity contribution in [2.24, 2.45) is 0 Å². The van der Waals surface area contributed by atoms with Crippen molar-refractivity contribution in [2.45, 2.75) is 129 Å². The van der Waals surface area contributed by atoms with E-state index in [1.807, 2.05) is 21.1 Å². The van der Waals surface area contributed by atoms with Crippen molar-refractivity contribution in [2.75, 3.05) is 47.5 Å². The molecule has 0 aliphatic heterocycles. The van der Waals surface area contributed by atoms with Gasteiger partial charge in [-0.2, -0.15) is 0 Å². The van der Waals surface area contributed by atoms with E-state index in [1.165, 1.54) is 57.8 Å². The molecule has 0 saturated heterocycles. The molecule has 0 spiro atoms. The van der Waals surface area contributed by atoms with Crippen LogP contribution >= 0.6 is 7.82 Å². The van der Waals surface area contributed by atoms with E-state index in [0.717, 1.165) is 51.4 Å². The number of aliphatic hydroxyl groups is 1. The molecule has 0 aromatic carbocycles.